The van der Waals surface area contributed by atoms with E-state index in [9.17, 15) is 18.0 Å². The Labute approximate surface area is 176 Å². The maximum atomic E-state index is 14.1. The first-order chi connectivity index (χ1) is 14.4. The van der Waals surface area contributed by atoms with E-state index in [1.165, 1.54) is 24.8 Å². The summed E-state index contributed by atoms with van der Waals surface area (Å²) in [5, 5.41) is 2.45. The molecule has 2 aromatic carbocycles. The number of amides is 1. The fourth-order valence-electron chi connectivity index (χ4n) is 4.47. The lowest BCUT2D eigenvalue weighted by Crippen LogP contribution is -2.41. The van der Waals surface area contributed by atoms with E-state index in [1.807, 2.05) is 18.2 Å². The number of benzene rings is 2. The number of anilines is 1. The Morgan fingerprint density at radius 2 is 1.60 bits per heavy atom. The van der Waals surface area contributed by atoms with Crippen molar-refractivity contribution in [2.24, 2.45) is 5.41 Å². The largest absolute Gasteiger partial charge is 0.321 e. The van der Waals surface area contributed by atoms with E-state index in [0.717, 1.165) is 31.2 Å². The Morgan fingerprint density at radius 1 is 0.967 bits per heavy atom. The van der Waals surface area contributed by atoms with E-state index in [0.29, 0.717) is 31.4 Å². The summed E-state index contributed by atoms with van der Waals surface area (Å²) >= 11 is 0. The fourth-order valence-corrected chi connectivity index (χ4v) is 4.47. The number of hydrogen-bond donors (Lipinski definition) is 1. The summed E-state index contributed by atoms with van der Waals surface area (Å²) in [5.41, 5.74) is 1.06. The van der Waals surface area contributed by atoms with E-state index in [2.05, 4.69) is 18.3 Å². The summed E-state index contributed by atoms with van der Waals surface area (Å²) < 4.78 is 41.5. The van der Waals surface area contributed by atoms with E-state index in [-0.39, 0.29) is 5.91 Å². The first-order valence-corrected chi connectivity index (χ1v) is 11.0. The van der Waals surface area contributed by atoms with Gasteiger partial charge in [0.05, 0.1) is 5.41 Å². The van der Waals surface area contributed by atoms with Crippen molar-refractivity contribution in [2.75, 3.05) is 5.32 Å². The quantitative estimate of drug-likeness (QED) is 0.439. The minimum absolute atomic E-state index is 0.380. The highest BCUT2D eigenvalue weighted by atomic mass is 19.1. The SMILES string of the molecule is CCCCCCCCC1(C(=O)Nc2c(F)cc(F)cc2F)CCc2ccccc2C1. The number of hydrogen-bond acceptors (Lipinski definition) is 1. The van der Waals surface area contributed by atoms with Crippen LogP contribution in [0.5, 0.6) is 0 Å². The van der Waals surface area contributed by atoms with Crippen molar-refractivity contribution in [1.29, 1.82) is 0 Å². The van der Waals surface area contributed by atoms with Crippen LogP contribution in [0.3, 0.4) is 0 Å². The maximum Gasteiger partial charge on any atom is 0.231 e. The van der Waals surface area contributed by atoms with Gasteiger partial charge in [-0.05, 0) is 36.8 Å². The number of halogens is 3. The molecule has 0 spiro atoms. The van der Waals surface area contributed by atoms with Gasteiger partial charge >= 0.3 is 0 Å². The predicted octanol–water partition coefficient (Wildman–Crippen LogP) is 6.97. The molecule has 0 saturated heterocycles. The van der Waals surface area contributed by atoms with Gasteiger partial charge in [0.25, 0.3) is 0 Å². The third kappa shape index (κ3) is 5.24. The van der Waals surface area contributed by atoms with Gasteiger partial charge in [-0.2, -0.15) is 0 Å². The number of nitrogens with one attached hydrogen (secondary N) is 1. The molecule has 3 rings (SSSR count). The molecular weight excluding hydrogens is 387 g/mol. The average molecular weight is 418 g/mol. The van der Waals surface area contributed by atoms with Crippen LogP contribution in [0, 0.1) is 22.9 Å². The summed E-state index contributed by atoms with van der Waals surface area (Å²) in [7, 11) is 0. The summed E-state index contributed by atoms with van der Waals surface area (Å²) in [6, 6.07) is 9.22. The molecule has 1 aliphatic carbocycles. The first kappa shape index (κ1) is 22.4. The number of carbonyl (C=O) groups is 1. The lowest BCUT2D eigenvalue weighted by atomic mass is 9.68. The van der Waals surface area contributed by atoms with Crippen molar-refractivity contribution in [2.45, 2.75) is 71.1 Å². The lowest BCUT2D eigenvalue weighted by Gasteiger charge is -2.37. The third-order valence-electron chi connectivity index (χ3n) is 6.26. The molecule has 5 heteroatoms. The van der Waals surface area contributed by atoms with Crippen LogP contribution in [0.1, 0.15) is 69.4 Å². The van der Waals surface area contributed by atoms with Crippen LogP contribution >= 0.6 is 0 Å². The van der Waals surface area contributed by atoms with Gasteiger partial charge in [0.1, 0.15) is 11.5 Å². The Bertz CT molecular complexity index is 859. The van der Waals surface area contributed by atoms with E-state index >= 15 is 0 Å². The first-order valence-electron chi connectivity index (χ1n) is 11.0. The van der Waals surface area contributed by atoms with Gasteiger partial charge in [-0.1, -0.05) is 69.7 Å². The molecular formula is C25H30F3NO. The third-order valence-corrected chi connectivity index (χ3v) is 6.26. The Kier molecular flexibility index (Phi) is 7.57. The zero-order chi connectivity index (χ0) is 21.6. The van der Waals surface area contributed by atoms with Crippen molar-refractivity contribution in [3.05, 3.63) is 65.0 Å². The molecule has 1 aliphatic rings. The van der Waals surface area contributed by atoms with Gasteiger partial charge < -0.3 is 5.32 Å². The fraction of sp³-hybridized carbons (Fsp3) is 0.480. The second kappa shape index (κ2) is 10.1. The average Bonchev–Trinajstić information content (AvgIpc) is 2.73. The normalized spacial score (nSPS) is 18.1. The van der Waals surface area contributed by atoms with Crippen LogP contribution in [-0.2, 0) is 17.6 Å². The molecule has 0 fully saturated rings. The van der Waals surface area contributed by atoms with Crippen LogP contribution in [0.2, 0.25) is 0 Å². The zero-order valence-electron chi connectivity index (χ0n) is 17.6. The van der Waals surface area contributed by atoms with Crippen molar-refractivity contribution in [1.82, 2.24) is 0 Å². The molecule has 0 heterocycles. The van der Waals surface area contributed by atoms with Crippen molar-refractivity contribution >= 4 is 11.6 Å². The van der Waals surface area contributed by atoms with Crippen LogP contribution in [0.25, 0.3) is 0 Å². The number of rotatable bonds is 9. The predicted molar refractivity (Wildman–Crippen MR) is 114 cm³/mol. The lowest BCUT2D eigenvalue weighted by molar-refractivity contribution is -0.127. The minimum Gasteiger partial charge on any atom is -0.321 e. The summed E-state index contributed by atoms with van der Waals surface area (Å²) in [5.74, 6) is -3.56. The molecule has 2 aromatic rings. The molecule has 1 amide bonds. The van der Waals surface area contributed by atoms with Crippen LogP contribution in [0.15, 0.2) is 36.4 Å². The van der Waals surface area contributed by atoms with E-state index in [4.69, 9.17) is 0 Å². The van der Waals surface area contributed by atoms with E-state index < -0.39 is 28.6 Å². The summed E-state index contributed by atoms with van der Waals surface area (Å²) in [4.78, 5) is 13.3. The second-order valence-electron chi connectivity index (χ2n) is 8.44. The summed E-state index contributed by atoms with van der Waals surface area (Å²) in [6.45, 7) is 2.17. The molecule has 0 saturated carbocycles. The Hall–Kier alpha value is -2.30. The van der Waals surface area contributed by atoms with Gasteiger partial charge in [-0.3, -0.25) is 4.79 Å². The van der Waals surface area contributed by atoms with Crippen molar-refractivity contribution in [3.8, 4) is 0 Å². The van der Waals surface area contributed by atoms with E-state index in [1.54, 1.807) is 0 Å². The topological polar surface area (TPSA) is 29.1 Å². The number of unbranched alkanes of at least 4 members (excludes halogenated alkanes) is 5. The highest BCUT2D eigenvalue weighted by molar-refractivity contribution is 5.96. The molecule has 0 bridgehead atoms. The van der Waals surface area contributed by atoms with Gasteiger partial charge in [0.15, 0.2) is 11.6 Å². The molecule has 2 nitrogen and oxygen atoms in total. The standard InChI is InChI=1S/C25H30F3NO/c1-2-3-4-5-6-9-13-25(14-12-18-10-7-8-11-19(18)17-25)24(30)29-23-21(27)15-20(26)16-22(23)28/h7-8,10-11,15-16H,2-6,9,12-14,17H2,1H3,(H,29,30). The summed E-state index contributed by atoms with van der Waals surface area (Å²) in [6.07, 6.45) is 9.25. The Morgan fingerprint density at radius 3 is 2.30 bits per heavy atom. The Balaban J connectivity index is 1.78. The molecule has 1 N–H and O–H groups in total. The highest BCUT2D eigenvalue weighted by Gasteiger charge is 2.41. The molecule has 1 atom stereocenters. The zero-order valence-corrected chi connectivity index (χ0v) is 17.6. The van der Waals surface area contributed by atoms with Crippen LogP contribution in [0.4, 0.5) is 18.9 Å². The van der Waals surface area contributed by atoms with Crippen LogP contribution in [-0.4, -0.2) is 5.91 Å². The molecule has 1 unspecified atom stereocenters. The minimum atomic E-state index is -1.09. The number of carbonyl (C=O) groups excluding carboxylic acids is 1. The van der Waals surface area contributed by atoms with Crippen LogP contribution < -0.4 is 5.32 Å². The maximum absolute atomic E-state index is 14.1. The van der Waals surface area contributed by atoms with Gasteiger partial charge in [0, 0.05) is 12.1 Å². The smallest absolute Gasteiger partial charge is 0.231 e. The van der Waals surface area contributed by atoms with Crippen molar-refractivity contribution in [3.63, 3.8) is 0 Å². The molecule has 0 radical (unpaired) electrons. The second-order valence-corrected chi connectivity index (χ2v) is 8.44. The highest BCUT2D eigenvalue weighted by Crippen LogP contribution is 2.41. The molecule has 0 aliphatic heterocycles. The van der Waals surface area contributed by atoms with Gasteiger partial charge in [-0.25, -0.2) is 13.2 Å². The van der Waals surface area contributed by atoms with Gasteiger partial charge in [-0.15, -0.1) is 0 Å². The molecule has 162 valence electrons. The number of fused-ring (bicyclic) bond motifs is 1. The van der Waals surface area contributed by atoms with Crippen molar-refractivity contribution < 1.29 is 18.0 Å². The molecule has 30 heavy (non-hydrogen) atoms. The number of aryl methyl sites for hydroxylation is 1. The molecule has 0 aromatic heterocycles. The van der Waals surface area contributed by atoms with Gasteiger partial charge in [0.2, 0.25) is 5.91 Å². The monoisotopic (exact) mass is 417 g/mol.